The molecule has 0 aliphatic carbocycles. The van der Waals surface area contributed by atoms with Gasteiger partial charge in [0.05, 0.1) is 18.2 Å². The number of ether oxygens (including phenoxy) is 1. The van der Waals surface area contributed by atoms with Gasteiger partial charge in [-0.3, -0.25) is 4.79 Å². The van der Waals surface area contributed by atoms with Gasteiger partial charge in [0.25, 0.3) is 0 Å². The number of rotatable bonds is 1. The third kappa shape index (κ3) is 1.71. The van der Waals surface area contributed by atoms with Crippen LogP contribution >= 0.6 is 0 Å². The first kappa shape index (κ1) is 10.8. The number of benzene rings is 1. The average molecular weight is 220 g/mol. The fourth-order valence-corrected chi connectivity index (χ4v) is 1.67. The zero-order valence-electron chi connectivity index (χ0n) is 9.76. The topological polar surface area (TPSA) is 50.4 Å². The minimum absolute atomic E-state index is 0.0204. The molecule has 1 aliphatic heterocycles. The maximum Gasteiger partial charge on any atom is 0.231 e. The largest absolute Gasteiger partial charge is 0.495 e. The van der Waals surface area contributed by atoms with E-state index in [1.807, 2.05) is 32.0 Å². The van der Waals surface area contributed by atoms with Crippen molar-refractivity contribution in [3.63, 3.8) is 0 Å². The van der Waals surface area contributed by atoms with E-state index in [1.165, 1.54) is 0 Å². The van der Waals surface area contributed by atoms with Crippen molar-refractivity contribution in [2.24, 2.45) is 5.41 Å². The minimum Gasteiger partial charge on any atom is -0.495 e. The van der Waals surface area contributed by atoms with Crippen LogP contribution in [-0.4, -0.2) is 19.6 Å². The first-order valence-corrected chi connectivity index (χ1v) is 5.27. The standard InChI is InChI=1S/C12H16N2O2/c1-12(2)7-13-10-8(14-11(12)15)5-4-6-9(10)16-3/h4-6,13H,7H2,1-3H3,(H,14,15). The molecule has 0 saturated heterocycles. The second-order valence-electron chi connectivity index (χ2n) is 4.57. The number of hydrogen-bond acceptors (Lipinski definition) is 3. The van der Waals surface area contributed by atoms with Crippen molar-refractivity contribution in [2.75, 3.05) is 24.3 Å². The summed E-state index contributed by atoms with van der Waals surface area (Å²) < 4.78 is 5.26. The van der Waals surface area contributed by atoms with Crippen LogP contribution in [0.15, 0.2) is 18.2 Å². The molecule has 1 aromatic rings. The molecule has 0 radical (unpaired) electrons. The van der Waals surface area contributed by atoms with E-state index in [4.69, 9.17) is 4.74 Å². The van der Waals surface area contributed by atoms with Crippen molar-refractivity contribution in [2.45, 2.75) is 13.8 Å². The highest BCUT2D eigenvalue weighted by molar-refractivity contribution is 6.00. The Labute approximate surface area is 95.0 Å². The predicted octanol–water partition coefficient (Wildman–Crippen LogP) is 2.09. The summed E-state index contributed by atoms with van der Waals surface area (Å²) in [6.45, 7) is 4.41. The van der Waals surface area contributed by atoms with E-state index in [1.54, 1.807) is 7.11 Å². The van der Waals surface area contributed by atoms with Crippen molar-refractivity contribution < 1.29 is 9.53 Å². The Balaban J connectivity index is 2.44. The molecule has 2 rings (SSSR count). The van der Waals surface area contributed by atoms with Gasteiger partial charge in [-0.25, -0.2) is 0 Å². The molecular weight excluding hydrogens is 204 g/mol. The van der Waals surface area contributed by atoms with E-state index >= 15 is 0 Å². The summed E-state index contributed by atoms with van der Waals surface area (Å²) in [6.07, 6.45) is 0. The van der Waals surface area contributed by atoms with E-state index in [0.717, 1.165) is 17.1 Å². The smallest absolute Gasteiger partial charge is 0.231 e. The normalized spacial score (nSPS) is 17.8. The lowest BCUT2D eigenvalue weighted by molar-refractivity contribution is -0.123. The molecule has 1 amide bonds. The summed E-state index contributed by atoms with van der Waals surface area (Å²) >= 11 is 0. The molecule has 0 saturated carbocycles. The van der Waals surface area contributed by atoms with Crippen molar-refractivity contribution >= 4 is 17.3 Å². The number of anilines is 2. The fraction of sp³-hybridized carbons (Fsp3) is 0.417. The number of amides is 1. The van der Waals surface area contributed by atoms with Crippen LogP contribution in [0.3, 0.4) is 0 Å². The molecule has 2 N–H and O–H groups in total. The van der Waals surface area contributed by atoms with Crippen LogP contribution in [0.25, 0.3) is 0 Å². The van der Waals surface area contributed by atoms with E-state index in [9.17, 15) is 4.79 Å². The maximum absolute atomic E-state index is 11.9. The summed E-state index contributed by atoms with van der Waals surface area (Å²) in [7, 11) is 1.62. The van der Waals surface area contributed by atoms with Gasteiger partial charge in [-0.2, -0.15) is 0 Å². The summed E-state index contributed by atoms with van der Waals surface area (Å²) in [5, 5.41) is 6.16. The number of nitrogens with one attached hydrogen (secondary N) is 2. The zero-order valence-corrected chi connectivity index (χ0v) is 9.76. The average Bonchev–Trinajstić information content (AvgIpc) is 2.37. The molecule has 0 atom stereocenters. The Hall–Kier alpha value is -1.71. The number of methoxy groups -OCH3 is 1. The van der Waals surface area contributed by atoms with Gasteiger partial charge in [-0.1, -0.05) is 6.07 Å². The molecule has 1 aliphatic rings. The Morgan fingerprint density at radius 3 is 2.81 bits per heavy atom. The molecule has 0 aromatic heterocycles. The first-order valence-electron chi connectivity index (χ1n) is 5.27. The molecule has 16 heavy (non-hydrogen) atoms. The molecule has 0 fully saturated rings. The van der Waals surface area contributed by atoms with Gasteiger partial charge in [-0.15, -0.1) is 0 Å². The third-order valence-electron chi connectivity index (χ3n) is 2.82. The Kier molecular flexibility index (Phi) is 2.50. The first-order chi connectivity index (χ1) is 7.54. The Bertz CT molecular complexity index is 427. The Morgan fingerprint density at radius 1 is 1.38 bits per heavy atom. The molecule has 1 aromatic carbocycles. The van der Waals surface area contributed by atoms with Crippen LogP contribution in [0.2, 0.25) is 0 Å². The number of carbonyl (C=O) groups is 1. The van der Waals surface area contributed by atoms with Crippen LogP contribution in [0.1, 0.15) is 13.8 Å². The minimum atomic E-state index is -0.427. The lowest BCUT2D eigenvalue weighted by Crippen LogP contribution is -2.34. The van der Waals surface area contributed by atoms with Crippen molar-refractivity contribution in [3.05, 3.63) is 18.2 Å². The highest BCUT2D eigenvalue weighted by Gasteiger charge is 2.31. The fourth-order valence-electron chi connectivity index (χ4n) is 1.67. The predicted molar refractivity (Wildman–Crippen MR) is 63.9 cm³/mol. The van der Waals surface area contributed by atoms with Crippen molar-refractivity contribution in [1.82, 2.24) is 0 Å². The molecule has 0 unspecified atom stereocenters. The van der Waals surface area contributed by atoms with E-state index < -0.39 is 5.41 Å². The molecule has 4 nitrogen and oxygen atoms in total. The molecule has 0 bridgehead atoms. The SMILES string of the molecule is COc1cccc2c1NCC(C)(C)C(=O)N2. The Morgan fingerprint density at radius 2 is 2.12 bits per heavy atom. The highest BCUT2D eigenvalue weighted by Crippen LogP contribution is 2.36. The summed E-state index contributed by atoms with van der Waals surface area (Å²) in [6, 6.07) is 5.60. The molecule has 4 heteroatoms. The maximum atomic E-state index is 11.9. The van der Waals surface area contributed by atoms with Gasteiger partial charge in [0.15, 0.2) is 0 Å². The summed E-state index contributed by atoms with van der Waals surface area (Å²) in [5.41, 5.74) is 1.20. The second kappa shape index (κ2) is 3.70. The van der Waals surface area contributed by atoms with Crippen LogP contribution in [0.5, 0.6) is 5.75 Å². The molecule has 0 spiro atoms. The van der Waals surface area contributed by atoms with Crippen molar-refractivity contribution in [1.29, 1.82) is 0 Å². The van der Waals surface area contributed by atoms with Gasteiger partial charge in [-0.05, 0) is 26.0 Å². The quantitative estimate of drug-likeness (QED) is 0.762. The summed E-state index contributed by atoms with van der Waals surface area (Å²) in [4.78, 5) is 11.9. The van der Waals surface area contributed by atoms with Gasteiger partial charge < -0.3 is 15.4 Å². The monoisotopic (exact) mass is 220 g/mol. The lowest BCUT2D eigenvalue weighted by Gasteiger charge is -2.19. The van der Waals surface area contributed by atoms with Crippen LogP contribution < -0.4 is 15.4 Å². The number of fused-ring (bicyclic) bond motifs is 1. The number of hydrogen-bond donors (Lipinski definition) is 2. The van der Waals surface area contributed by atoms with Crippen LogP contribution in [0.4, 0.5) is 11.4 Å². The van der Waals surface area contributed by atoms with Gasteiger partial charge in [0.1, 0.15) is 11.4 Å². The number of carbonyl (C=O) groups excluding carboxylic acids is 1. The van der Waals surface area contributed by atoms with Gasteiger partial charge in [0.2, 0.25) is 5.91 Å². The molecule has 1 heterocycles. The zero-order chi connectivity index (χ0) is 11.8. The third-order valence-corrected chi connectivity index (χ3v) is 2.82. The second-order valence-corrected chi connectivity index (χ2v) is 4.57. The van der Waals surface area contributed by atoms with E-state index in [2.05, 4.69) is 10.6 Å². The van der Waals surface area contributed by atoms with E-state index in [0.29, 0.717) is 6.54 Å². The van der Waals surface area contributed by atoms with Gasteiger partial charge in [0, 0.05) is 6.54 Å². The molecular formula is C12H16N2O2. The highest BCUT2D eigenvalue weighted by atomic mass is 16.5. The van der Waals surface area contributed by atoms with Crippen LogP contribution in [-0.2, 0) is 4.79 Å². The van der Waals surface area contributed by atoms with E-state index in [-0.39, 0.29) is 5.91 Å². The van der Waals surface area contributed by atoms with Gasteiger partial charge >= 0.3 is 0 Å². The van der Waals surface area contributed by atoms with Crippen LogP contribution in [0, 0.1) is 5.41 Å². The molecule has 86 valence electrons. The number of para-hydroxylation sites is 1. The lowest BCUT2D eigenvalue weighted by atomic mass is 9.93. The van der Waals surface area contributed by atoms with Crippen molar-refractivity contribution in [3.8, 4) is 5.75 Å². The summed E-state index contributed by atoms with van der Waals surface area (Å²) in [5.74, 6) is 0.766.